The van der Waals surface area contributed by atoms with Gasteiger partial charge in [0.15, 0.2) is 0 Å². The van der Waals surface area contributed by atoms with Crippen molar-refractivity contribution in [3.63, 3.8) is 0 Å². The molecule has 3 rings (SSSR count). The summed E-state index contributed by atoms with van der Waals surface area (Å²) in [4.78, 5) is 0.934. The molecule has 0 aromatic heterocycles. The van der Waals surface area contributed by atoms with E-state index in [0.29, 0.717) is 5.25 Å². The van der Waals surface area contributed by atoms with E-state index in [-0.39, 0.29) is 5.82 Å². The van der Waals surface area contributed by atoms with Crippen LogP contribution in [0, 0.1) is 17.7 Å². The van der Waals surface area contributed by atoms with E-state index >= 15 is 0 Å². The normalized spacial score (nSPS) is 30.3. The van der Waals surface area contributed by atoms with Gasteiger partial charge in [0, 0.05) is 10.1 Å². The lowest BCUT2D eigenvalue weighted by molar-refractivity contribution is 0.258. The summed E-state index contributed by atoms with van der Waals surface area (Å²) in [5.74, 6) is 1.77. The highest BCUT2D eigenvalue weighted by Crippen LogP contribution is 2.46. The molecule has 1 fully saturated rings. The molecule has 2 heteroatoms. The molecule has 0 amide bonds. The Morgan fingerprint density at radius 3 is 2.68 bits per heavy atom. The largest absolute Gasteiger partial charge is 0.206 e. The molecule has 1 heterocycles. The second-order valence-corrected chi connectivity index (χ2v) is 7.41. The molecule has 1 atom stereocenters. The first-order chi connectivity index (χ1) is 9.28. The van der Waals surface area contributed by atoms with Gasteiger partial charge in [0.25, 0.3) is 0 Å². The lowest BCUT2D eigenvalue weighted by Gasteiger charge is -2.31. The topological polar surface area (TPSA) is 0 Å². The number of halogens is 1. The van der Waals surface area contributed by atoms with Crippen LogP contribution in [0.1, 0.15) is 51.0 Å². The standard InChI is InChI=1S/C17H23FS/c1-2-4-12-7-9-13(10-8-12)16-11-14-5-3-6-15(18)17(14)19-16/h3,5-6,12-13,16H,2,4,7-11H2,1H3. The van der Waals surface area contributed by atoms with Crippen molar-refractivity contribution in [3.05, 3.63) is 29.6 Å². The molecule has 2 aliphatic rings. The molecule has 1 aliphatic heterocycles. The minimum atomic E-state index is -0.00957. The Morgan fingerprint density at radius 1 is 1.21 bits per heavy atom. The van der Waals surface area contributed by atoms with Crippen LogP contribution in [0.3, 0.4) is 0 Å². The Balaban J connectivity index is 1.60. The van der Waals surface area contributed by atoms with E-state index in [0.717, 1.165) is 23.2 Å². The zero-order valence-corrected chi connectivity index (χ0v) is 12.5. The van der Waals surface area contributed by atoms with Crippen molar-refractivity contribution in [1.29, 1.82) is 0 Å². The quantitative estimate of drug-likeness (QED) is 0.708. The van der Waals surface area contributed by atoms with Crippen molar-refractivity contribution in [2.24, 2.45) is 11.8 Å². The molecule has 0 spiro atoms. The van der Waals surface area contributed by atoms with Crippen molar-refractivity contribution in [2.45, 2.75) is 62.0 Å². The monoisotopic (exact) mass is 278 g/mol. The van der Waals surface area contributed by atoms with Gasteiger partial charge in [0.05, 0.1) is 0 Å². The van der Waals surface area contributed by atoms with Crippen LogP contribution in [0.4, 0.5) is 4.39 Å². The van der Waals surface area contributed by atoms with Crippen LogP contribution in [0.25, 0.3) is 0 Å². The predicted molar refractivity (Wildman–Crippen MR) is 80.1 cm³/mol. The molecule has 0 radical (unpaired) electrons. The molecular formula is C17H23FS. The summed E-state index contributed by atoms with van der Waals surface area (Å²) in [6.45, 7) is 2.29. The van der Waals surface area contributed by atoms with E-state index in [4.69, 9.17) is 0 Å². The van der Waals surface area contributed by atoms with Gasteiger partial charge in [0.2, 0.25) is 0 Å². The van der Waals surface area contributed by atoms with E-state index in [1.807, 2.05) is 17.8 Å². The van der Waals surface area contributed by atoms with Crippen LogP contribution >= 0.6 is 11.8 Å². The maximum absolute atomic E-state index is 13.8. The van der Waals surface area contributed by atoms with Gasteiger partial charge in [-0.15, -0.1) is 11.8 Å². The first-order valence-electron chi connectivity index (χ1n) is 7.72. The van der Waals surface area contributed by atoms with Gasteiger partial charge >= 0.3 is 0 Å². The molecule has 19 heavy (non-hydrogen) atoms. The molecule has 1 aliphatic carbocycles. The molecule has 0 nitrogen and oxygen atoms in total. The van der Waals surface area contributed by atoms with Crippen LogP contribution in [0.2, 0.25) is 0 Å². The zero-order valence-electron chi connectivity index (χ0n) is 11.7. The first-order valence-corrected chi connectivity index (χ1v) is 8.60. The van der Waals surface area contributed by atoms with E-state index in [1.165, 1.54) is 44.1 Å². The minimum Gasteiger partial charge on any atom is -0.206 e. The van der Waals surface area contributed by atoms with Gasteiger partial charge in [0.1, 0.15) is 5.82 Å². The van der Waals surface area contributed by atoms with Crippen molar-refractivity contribution >= 4 is 11.8 Å². The fourth-order valence-corrected chi connectivity index (χ4v) is 5.29. The van der Waals surface area contributed by atoms with Crippen LogP contribution < -0.4 is 0 Å². The van der Waals surface area contributed by atoms with Gasteiger partial charge in [-0.25, -0.2) is 4.39 Å². The third kappa shape index (κ3) is 2.84. The van der Waals surface area contributed by atoms with Gasteiger partial charge in [-0.1, -0.05) is 44.7 Å². The van der Waals surface area contributed by atoms with Crippen LogP contribution in [0.15, 0.2) is 23.1 Å². The molecule has 1 saturated carbocycles. The lowest BCUT2D eigenvalue weighted by atomic mass is 9.78. The second kappa shape index (κ2) is 5.87. The second-order valence-electron chi connectivity index (χ2n) is 6.16. The van der Waals surface area contributed by atoms with E-state index in [9.17, 15) is 4.39 Å². The average molecular weight is 278 g/mol. The van der Waals surface area contributed by atoms with Gasteiger partial charge < -0.3 is 0 Å². The molecule has 1 unspecified atom stereocenters. The highest BCUT2D eigenvalue weighted by molar-refractivity contribution is 8.00. The van der Waals surface area contributed by atoms with Crippen molar-refractivity contribution in [3.8, 4) is 0 Å². The summed E-state index contributed by atoms with van der Waals surface area (Å²) in [5, 5.41) is 0.634. The summed E-state index contributed by atoms with van der Waals surface area (Å²) in [6.07, 6.45) is 9.32. The average Bonchev–Trinajstić information content (AvgIpc) is 2.85. The first kappa shape index (κ1) is 13.5. The molecule has 0 N–H and O–H groups in total. The van der Waals surface area contributed by atoms with E-state index in [1.54, 1.807) is 6.07 Å². The molecule has 0 bridgehead atoms. The third-order valence-electron chi connectivity index (χ3n) is 4.85. The Bertz CT molecular complexity index is 435. The van der Waals surface area contributed by atoms with E-state index < -0.39 is 0 Å². The van der Waals surface area contributed by atoms with Crippen molar-refractivity contribution in [1.82, 2.24) is 0 Å². The van der Waals surface area contributed by atoms with Crippen LogP contribution in [0.5, 0.6) is 0 Å². The maximum Gasteiger partial charge on any atom is 0.137 e. The molecule has 0 saturated heterocycles. The summed E-state index contributed by atoms with van der Waals surface area (Å²) in [7, 11) is 0. The summed E-state index contributed by atoms with van der Waals surface area (Å²) in [6, 6.07) is 5.57. The number of hydrogen-bond donors (Lipinski definition) is 0. The van der Waals surface area contributed by atoms with Crippen LogP contribution in [-0.4, -0.2) is 5.25 Å². The van der Waals surface area contributed by atoms with E-state index in [2.05, 4.69) is 13.0 Å². The Labute approximate surface area is 120 Å². The number of hydrogen-bond acceptors (Lipinski definition) is 1. The lowest BCUT2D eigenvalue weighted by Crippen LogP contribution is -2.23. The fraction of sp³-hybridized carbons (Fsp3) is 0.647. The minimum absolute atomic E-state index is 0.00957. The summed E-state index contributed by atoms with van der Waals surface area (Å²) in [5.41, 5.74) is 1.24. The molecule has 1 aromatic rings. The summed E-state index contributed by atoms with van der Waals surface area (Å²) < 4.78 is 13.8. The van der Waals surface area contributed by atoms with Gasteiger partial charge in [-0.05, 0) is 42.7 Å². The van der Waals surface area contributed by atoms with Crippen LogP contribution in [-0.2, 0) is 6.42 Å². The highest BCUT2D eigenvalue weighted by atomic mass is 32.2. The SMILES string of the molecule is CCCC1CCC(C2Cc3cccc(F)c3S2)CC1. The maximum atomic E-state index is 13.8. The third-order valence-corrected chi connectivity index (χ3v) is 6.40. The van der Waals surface area contributed by atoms with Gasteiger partial charge in [-0.3, -0.25) is 0 Å². The Morgan fingerprint density at radius 2 is 2.00 bits per heavy atom. The highest BCUT2D eigenvalue weighted by Gasteiger charge is 2.33. The fourth-order valence-electron chi connectivity index (χ4n) is 3.78. The van der Waals surface area contributed by atoms with Crippen molar-refractivity contribution in [2.75, 3.05) is 0 Å². The number of fused-ring (bicyclic) bond motifs is 1. The van der Waals surface area contributed by atoms with Gasteiger partial charge in [-0.2, -0.15) is 0 Å². The number of benzene rings is 1. The van der Waals surface area contributed by atoms with Crippen molar-refractivity contribution < 1.29 is 4.39 Å². The number of thioether (sulfide) groups is 1. The molecular weight excluding hydrogens is 255 g/mol. The molecule has 1 aromatic carbocycles. The summed E-state index contributed by atoms with van der Waals surface area (Å²) >= 11 is 1.81. The smallest absolute Gasteiger partial charge is 0.137 e. The predicted octanol–water partition coefficient (Wildman–Crippen LogP) is 5.45. The number of rotatable bonds is 3. The Kier molecular flexibility index (Phi) is 4.16. The Hall–Kier alpha value is -0.500. The zero-order chi connectivity index (χ0) is 13.2. The molecule has 104 valence electrons.